The summed E-state index contributed by atoms with van der Waals surface area (Å²) in [7, 11) is 0. The fourth-order valence-electron chi connectivity index (χ4n) is 0.406. The van der Waals surface area contributed by atoms with Gasteiger partial charge in [0, 0.05) is 0 Å². The Labute approximate surface area is 52.5 Å². The summed E-state index contributed by atoms with van der Waals surface area (Å²) in [6, 6.07) is 0. The predicted octanol–water partition coefficient (Wildman–Crippen LogP) is 1.07. The number of ketones is 1. The fourth-order valence-corrected chi connectivity index (χ4v) is 0.961. The Morgan fingerprint density at radius 3 is 2.50 bits per heavy atom. The third kappa shape index (κ3) is 0.777. The minimum Gasteiger partial charge on any atom is -0.291 e. The first-order valence-electron chi connectivity index (χ1n) is 2.39. The molecule has 1 rings (SSSR count). The number of carbonyl (C=O) groups is 1. The molecule has 2 nitrogen and oxygen atoms in total. The lowest BCUT2D eigenvalue weighted by Gasteiger charge is -2.08. The van der Waals surface area contributed by atoms with E-state index in [0.717, 1.165) is 0 Å². The molecule has 0 aromatic heterocycles. The number of nitrogens with zero attached hydrogens (tertiary/aromatic N) is 1. The van der Waals surface area contributed by atoms with Gasteiger partial charge in [0.25, 0.3) is 0 Å². The van der Waals surface area contributed by atoms with Gasteiger partial charge in [-0.15, -0.1) is 0 Å². The molecule has 3 heteroatoms. The molecule has 0 fully saturated rings. The second-order valence-electron chi connectivity index (χ2n) is 2.20. The van der Waals surface area contributed by atoms with Crippen molar-refractivity contribution in [3.63, 3.8) is 0 Å². The van der Waals surface area contributed by atoms with E-state index in [4.69, 9.17) is 0 Å². The lowest BCUT2D eigenvalue weighted by atomic mass is 10.1. The highest BCUT2D eigenvalue weighted by Crippen LogP contribution is 2.29. The summed E-state index contributed by atoms with van der Waals surface area (Å²) < 4.78 is 3.47. The van der Waals surface area contributed by atoms with E-state index >= 15 is 0 Å². The van der Waals surface area contributed by atoms with E-state index in [9.17, 15) is 4.79 Å². The average Bonchev–Trinajstić information content (AvgIpc) is 1.86. The normalized spacial score (nSPS) is 24.5. The van der Waals surface area contributed by atoms with Gasteiger partial charge in [0.2, 0.25) is 0 Å². The minimum absolute atomic E-state index is 0.113. The van der Waals surface area contributed by atoms with E-state index in [-0.39, 0.29) is 10.5 Å². The van der Waals surface area contributed by atoms with Crippen molar-refractivity contribution in [1.82, 2.24) is 0 Å². The second-order valence-corrected chi connectivity index (χ2v) is 3.61. The highest BCUT2D eigenvalue weighted by atomic mass is 32.2. The third-order valence-corrected chi connectivity index (χ3v) is 1.91. The molecule has 0 amide bonds. The highest BCUT2D eigenvalue weighted by molar-refractivity contribution is 8.01. The van der Waals surface area contributed by atoms with Crippen molar-refractivity contribution in [2.75, 3.05) is 0 Å². The highest BCUT2D eigenvalue weighted by Gasteiger charge is 2.30. The monoisotopic (exact) mass is 129 g/mol. The lowest BCUT2D eigenvalue weighted by Crippen LogP contribution is -2.23. The van der Waals surface area contributed by atoms with Crippen LogP contribution in [0.4, 0.5) is 0 Å². The van der Waals surface area contributed by atoms with E-state index in [0.29, 0.717) is 0 Å². The lowest BCUT2D eigenvalue weighted by molar-refractivity contribution is -0.113. The Hall–Kier alpha value is -0.310. The molecule has 0 bridgehead atoms. The molecule has 0 aromatic carbocycles. The predicted molar refractivity (Wildman–Crippen MR) is 35.2 cm³/mol. The molecule has 1 aliphatic rings. The zero-order valence-electron chi connectivity index (χ0n) is 4.84. The number of carbonyl (C=O) groups excluding carboxylic acids is 1. The first-order chi connectivity index (χ1) is 3.63. The van der Waals surface area contributed by atoms with Gasteiger partial charge in [-0.25, -0.2) is 4.40 Å². The van der Waals surface area contributed by atoms with Gasteiger partial charge >= 0.3 is 0 Å². The maximum absolute atomic E-state index is 10.7. The quantitative estimate of drug-likeness (QED) is 0.458. The number of Topliss-reactive ketones (excluding diaryl/α,β-unsaturated/α-hetero) is 1. The van der Waals surface area contributed by atoms with Crippen molar-refractivity contribution >= 4 is 23.9 Å². The van der Waals surface area contributed by atoms with Crippen LogP contribution in [0.1, 0.15) is 13.8 Å². The molecule has 1 heterocycles. The van der Waals surface area contributed by atoms with Gasteiger partial charge in [0.1, 0.15) is 0 Å². The van der Waals surface area contributed by atoms with Gasteiger partial charge in [0.15, 0.2) is 5.78 Å². The first kappa shape index (κ1) is 5.82. The van der Waals surface area contributed by atoms with Crippen molar-refractivity contribution < 1.29 is 4.79 Å². The van der Waals surface area contributed by atoms with E-state index in [1.54, 1.807) is 0 Å². The van der Waals surface area contributed by atoms with Crippen LogP contribution in [0, 0.1) is 0 Å². The Morgan fingerprint density at radius 2 is 2.38 bits per heavy atom. The molecule has 0 spiro atoms. The molecule has 0 aliphatic carbocycles. The maximum Gasteiger partial charge on any atom is 0.191 e. The minimum atomic E-state index is -0.292. The van der Waals surface area contributed by atoms with Crippen LogP contribution in [0.5, 0.6) is 0 Å². The summed E-state index contributed by atoms with van der Waals surface area (Å²) in [5.74, 6) is 0.113. The summed E-state index contributed by atoms with van der Waals surface area (Å²) in [4.78, 5) is 10.7. The van der Waals surface area contributed by atoms with E-state index < -0.39 is 0 Å². The van der Waals surface area contributed by atoms with Crippen molar-refractivity contribution in [1.29, 1.82) is 0 Å². The molecule has 0 atom stereocenters. The average molecular weight is 129 g/mol. The topological polar surface area (TPSA) is 29.4 Å². The zero-order chi connectivity index (χ0) is 6.20. The molecule has 8 heavy (non-hydrogen) atoms. The van der Waals surface area contributed by atoms with Crippen molar-refractivity contribution in [3.8, 4) is 0 Å². The maximum atomic E-state index is 10.7. The SMILES string of the molecule is CC1(C)SN=CC1=O. The summed E-state index contributed by atoms with van der Waals surface area (Å²) in [5.41, 5.74) is 0. The second kappa shape index (κ2) is 1.58. The van der Waals surface area contributed by atoms with E-state index in [1.807, 2.05) is 13.8 Å². The molecule has 44 valence electrons. The summed E-state index contributed by atoms with van der Waals surface area (Å²) >= 11 is 1.33. The molecule has 0 N–H and O–H groups in total. The molecule has 0 saturated heterocycles. The van der Waals surface area contributed by atoms with Crippen LogP contribution in [-0.4, -0.2) is 16.7 Å². The number of hydrogen-bond acceptors (Lipinski definition) is 3. The Balaban J connectivity index is 2.79. The first-order valence-corrected chi connectivity index (χ1v) is 3.16. The molecule has 0 saturated carbocycles. The van der Waals surface area contributed by atoms with Crippen LogP contribution in [0.15, 0.2) is 4.40 Å². The van der Waals surface area contributed by atoms with Gasteiger partial charge in [-0.05, 0) is 25.8 Å². The van der Waals surface area contributed by atoms with Crippen molar-refractivity contribution in [2.24, 2.45) is 4.40 Å². The van der Waals surface area contributed by atoms with E-state index in [2.05, 4.69) is 4.40 Å². The smallest absolute Gasteiger partial charge is 0.191 e. The summed E-state index contributed by atoms with van der Waals surface area (Å²) in [6.07, 6.45) is 1.38. The fraction of sp³-hybridized carbons (Fsp3) is 0.600. The molecule has 0 aromatic rings. The van der Waals surface area contributed by atoms with Crippen molar-refractivity contribution in [2.45, 2.75) is 18.6 Å². The molecule has 1 aliphatic heterocycles. The Kier molecular flexibility index (Phi) is 1.15. The van der Waals surface area contributed by atoms with E-state index in [1.165, 1.54) is 18.2 Å². The number of rotatable bonds is 0. The Bertz CT molecular complexity index is 151. The largest absolute Gasteiger partial charge is 0.291 e. The molecule has 0 radical (unpaired) electrons. The van der Waals surface area contributed by atoms with Gasteiger partial charge < -0.3 is 0 Å². The number of hydrogen-bond donors (Lipinski definition) is 0. The molecule has 0 unspecified atom stereocenters. The van der Waals surface area contributed by atoms with Crippen LogP contribution >= 0.6 is 11.9 Å². The van der Waals surface area contributed by atoms with Gasteiger partial charge in [-0.1, -0.05) is 0 Å². The molecular weight excluding hydrogens is 122 g/mol. The van der Waals surface area contributed by atoms with Crippen LogP contribution < -0.4 is 0 Å². The third-order valence-electron chi connectivity index (χ3n) is 1.04. The Morgan fingerprint density at radius 1 is 1.75 bits per heavy atom. The zero-order valence-corrected chi connectivity index (χ0v) is 5.66. The molecular formula is C5H7NOS. The summed E-state index contributed by atoms with van der Waals surface area (Å²) in [5, 5.41) is 0. The van der Waals surface area contributed by atoms with Crippen LogP contribution in [0.3, 0.4) is 0 Å². The van der Waals surface area contributed by atoms with Gasteiger partial charge in [-0.2, -0.15) is 0 Å². The van der Waals surface area contributed by atoms with Crippen LogP contribution in [0.2, 0.25) is 0 Å². The summed E-state index contributed by atoms with van der Waals surface area (Å²) in [6.45, 7) is 3.74. The standard InChI is InChI=1S/C5H7NOS/c1-5(2)4(7)3-6-8-5/h3H,1-2H3. The van der Waals surface area contributed by atoms with Crippen LogP contribution in [0.25, 0.3) is 0 Å². The van der Waals surface area contributed by atoms with Gasteiger partial charge in [-0.3, -0.25) is 4.79 Å². The van der Waals surface area contributed by atoms with Gasteiger partial charge in [0.05, 0.1) is 11.0 Å². The van der Waals surface area contributed by atoms with Crippen LogP contribution in [-0.2, 0) is 4.79 Å². The van der Waals surface area contributed by atoms with Crippen molar-refractivity contribution in [3.05, 3.63) is 0 Å².